The minimum Gasteiger partial charge on any atom is -1.00 e. The summed E-state index contributed by atoms with van der Waals surface area (Å²) in [7, 11) is 0. The van der Waals surface area contributed by atoms with Crippen LogP contribution < -0.4 is 0 Å². The zero-order valence-corrected chi connectivity index (χ0v) is 30.0. The maximum absolute atomic E-state index is 3.53. The topological polar surface area (TPSA) is 0 Å². The van der Waals surface area contributed by atoms with Gasteiger partial charge in [-0.15, -0.1) is 0 Å². The molecule has 0 nitrogen and oxygen atoms in total. The fourth-order valence-corrected chi connectivity index (χ4v) is 2.27. The summed E-state index contributed by atoms with van der Waals surface area (Å²) in [5, 5.41) is 5.24. The monoisotopic (exact) mass is 571 g/mol. The van der Waals surface area contributed by atoms with Gasteiger partial charge in [0.15, 0.2) is 0 Å². The number of rotatable bonds is 2. The summed E-state index contributed by atoms with van der Waals surface area (Å²) in [6.45, 7) is 20.7. The molecule has 0 radical (unpaired) electrons. The largest absolute Gasteiger partial charge is 2.00 e. The molecule has 0 atom stereocenters. The second-order valence-electron chi connectivity index (χ2n) is 6.69. The Hall–Kier alpha value is -1.13. The molecule has 0 bridgehead atoms. The quantitative estimate of drug-likeness (QED) is 0.179. The molecule has 0 N–H and O–H groups in total. The van der Waals surface area contributed by atoms with Crippen molar-refractivity contribution in [1.82, 2.24) is 0 Å². The molecule has 4 aromatic rings. The van der Waals surface area contributed by atoms with Crippen LogP contribution in [0.25, 0.3) is 21.5 Å². The predicted molar refractivity (Wildman–Crippen MR) is 197 cm³/mol. The van der Waals surface area contributed by atoms with Crippen LogP contribution in [-0.4, -0.2) is 29.3 Å². The van der Waals surface area contributed by atoms with Crippen molar-refractivity contribution in [3.8, 4) is 0 Å². The molecule has 216 valence electrons. The second-order valence-corrected chi connectivity index (χ2v) is 6.69. The Morgan fingerprint density at radius 3 is 0.605 bits per heavy atom. The van der Waals surface area contributed by atoms with Crippen LogP contribution in [0.4, 0.5) is 0 Å². The summed E-state index contributed by atoms with van der Waals surface area (Å²) in [6, 6.07) is 33.4. The van der Waals surface area contributed by atoms with E-state index in [9.17, 15) is 0 Å². The molecule has 0 heterocycles. The summed E-state index contributed by atoms with van der Waals surface area (Å²) in [5.74, 6) is 0. The Balaban J connectivity index is -0.0000000445. The summed E-state index contributed by atoms with van der Waals surface area (Å²) >= 11 is 3.53. The van der Waals surface area contributed by atoms with E-state index >= 15 is 0 Å². The van der Waals surface area contributed by atoms with Gasteiger partial charge in [0.1, 0.15) is 0 Å². The Kier molecular flexibility index (Phi) is 59.9. The molecule has 0 saturated carbocycles. The van der Waals surface area contributed by atoms with Crippen molar-refractivity contribution >= 4 is 70.7 Å². The average molecular weight is 572 g/mol. The van der Waals surface area contributed by atoms with Gasteiger partial charge in [-0.05, 0) is 27.8 Å². The minimum atomic E-state index is 0. The third kappa shape index (κ3) is 29.4. The maximum atomic E-state index is 3.53. The number of fused-ring (bicyclic) bond motifs is 2. The fraction of sp³-hybridized carbons (Fsp3) is 0.429. The standard InChI is InChI=1S/2C10H8.2C4H10.3C2H6.CH4S.Mg.H2S.2H/c2*1-2-6-10-8-4-3-7-9(10)5-1;2*1-3-4-2;4*1-2;;;;/h2*1-8H;2*3-4H2,1-2H3;3*1-2H3;2H,1H3;;1H2;;/q;;;;;;;;+2;;2*-1/p+1. The summed E-state index contributed by atoms with van der Waals surface area (Å²) < 4.78 is 0. The normalized spacial score (nSPS) is 7.47. The van der Waals surface area contributed by atoms with Crippen LogP contribution >= 0.6 is 26.1 Å². The molecular weight excluding hydrogens is 509 g/mol. The molecule has 0 aliphatic heterocycles. The number of thiol groups is 1. The van der Waals surface area contributed by atoms with E-state index in [0.717, 1.165) is 0 Å². The van der Waals surface area contributed by atoms with Crippen molar-refractivity contribution in [3.05, 3.63) is 97.1 Å². The number of hydrogen-bond donors (Lipinski definition) is 1. The van der Waals surface area contributed by atoms with Crippen LogP contribution in [0.2, 0.25) is 0 Å². The van der Waals surface area contributed by atoms with Crippen LogP contribution in [0.1, 0.15) is 99.2 Å². The third-order valence-electron chi connectivity index (χ3n) is 4.32. The van der Waals surface area contributed by atoms with E-state index < -0.39 is 0 Å². The Bertz CT molecular complexity index is 700. The van der Waals surface area contributed by atoms with Gasteiger partial charge in [0.05, 0.1) is 0 Å². The van der Waals surface area contributed by atoms with Crippen LogP contribution in [0.5, 0.6) is 0 Å². The Morgan fingerprint density at radius 2 is 0.526 bits per heavy atom. The van der Waals surface area contributed by atoms with E-state index in [0.29, 0.717) is 0 Å². The molecule has 0 amide bonds. The van der Waals surface area contributed by atoms with Gasteiger partial charge >= 0.3 is 24.5 Å². The van der Waals surface area contributed by atoms with Crippen LogP contribution in [0, 0.1) is 0 Å². The zero-order chi connectivity index (χ0) is 28.5. The molecule has 0 aliphatic carbocycles. The van der Waals surface area contributed by atoms with Gasteiger partial charge < -0.3 is 2.85 Å². The van der Waals surface area contributed by atoms with Crippen molar-refractivity contribution in [2.75, 3.05) is 6.26 Å². The summed E-state index contributed by atoms with van der Waals surface area (Å²) in [4.78, 5) is 0. The van der Waals surface area contributed by atoms with E-state index in [1.54, 1.807) is 6.26 Å². The maximum Gasteiger partial charge on any atom is 2.00 e. The molecule has 0 unspecified atom stereocenters. The van der Waals surface area contributed by atoms with E-state index in [-0.39, 0.29) is 40.8 Å². The molecular formula is C35H63MgS2+. The van der Waals surface area contributed by atoms with Crippen LogP contribution in [0.3, 0.4) is 0 Å². The Labute approximate surface area is 271 Å². The van der Waals surface area contributed by atoms with Crippen LogP contribution in [0.15, 0.2) is 97.1 Å². The van der Waals surface area contributed by atoms with Gasteiger partial charge in [-0.3, -0.25) is 0 Å². The van der Waals surface area contributed by atoms with Crippen molar-refractivity contribution in [1.29, 1.82) is 0 Å². The van der Waals surface area contributed by atoms with E-state index in [2.05, 4.69) is 137 Å². The summed E-state index contributed by atoms with van der Waals surface area (Å²) in [6.07, 6.45) is 6.97. The number of hydrogen-bond acceptors (Lipinski definition) is 1. The Morgan fingerprint density at radius 1 is 0.421 bits per heavy atom. The van der Waals surface area contributed by atoms with Gasteiger partial charge in [0.2, 0.25) is 0 Å². The second kappa shape index (κ2) is 45.8. The van der Waals surface area contributed by atoms with Crippen LogP contribution in [-0.2, 0) is 0 Å². The van der Waals surface area contributed by atoms with Crippen molar-refractivity contribution in [2.24, 2.45) is 0 Å². The first kappa shape index (κ1) is 49.8. The first-order valence-corrected chi connectivity index (χ1v) is 15.0. The molecule has 4 rings (SSSR count). The molecule has 0 aliphatic rings. The van der Waals surface area contributed by atoms with E-state index in [4.69, 9.17) is 0 Å². The zero-order valence-electron chi connectivity index (χ0n) is 29.7. The van der Waals surface area contributed by atoms with Crippen molar-refractivity contribution in [2.45, 2.75) is 94.9 Å². The van der Waals surface area contributed by atoms with Gasteiger partial charge in [0.25, 0.3) is 0 Å². The van der Waals surface area contributed by atoms with Gasteiger partial charge in [-0.25, -0.2) is 0 Å². The minimum absolute atomic E-state index is 0. The average Bonchev–Trinajstić information content (AvgIpc) is 3.02. The smallest absolute Gasteiger partial charge is 1.00 e. The molecule has 0 spiro atoms. The third-order valence-corrected chi connectivity index (χ3v) is 4.32. The van der Waals surface area contributed by atoms with E-state index in [1.807, 2.05) is 41.5 Å². The first-order valence-electron chi connectivity index (χ1n) is 14.1. The molecule has 0 aromatic heterocycles. The molecule has 0 fully saturated rings. The molecule has 3 heteroatoms. The SMILES string of the molecule is CC.CC.CC.CCCC.CCCC.CS.S.[H+].[H-].[H-].[Mg+2].c1ccc2ccccc2c1.c1ccc2ccccc2c1. The number of benzene rings is 4. The summed E-state index contributed by atoms with van der Waals surface area (Å²) in [5.41, 5.74) is 0. The van der Waals surface area contributed by atoms with Gasteiger partial charge in [-0.2, -0.15) is 26.1 Å². The molecule has 4 aromatic carbocycles. The number of unbranched alkanes of at least 4 members (excludes halogenated alkanes) is 2. The first-order chi connectivity index (χ1) is 17.8. The molecule has 38 heavy (non-hydrogen) atoms. The van der Waals surface area contributed by atoms with Gasteiger partial charge in [-0.1, -0.05) is 192 Å². The molecule has 0 saturated heterocycles. The van der Waals surface area contributed by atoms with E-state index in [1.165, 1.54) is 47.2 Å². The van der Waals surface area contributed by atoms with Crippen molar-refractivity contribution < 1.29 is 4.28 Å². The van der Waals surface area contributed by atoms with Gasteiger partial charge in [0, 0.05) is 0 Å². The fourth-order valence-electron chi connectivity index (χ4n) is 2.27. The predicted octanol–water partition coefficient (Wildman–Crippen LogP) is 13.0. The van der Waals surface area contributed by atoms with Crippen molar-refractivity contribution in [3.63, 3.8) is 0 Å².